The summed E-state index contributed by atoms with van der Waals surface area (Å²) in [5.41, 5.74) is 0.951. The van der Waals surface area contributed by atoms with Crippen molar-refractivity contribution in [2.24, 2.45) is 5.92 Å². The van der Waals surface area contributed by atoms with Crippen LogP contribution in [0.3, 0.4) is 0 Å². The van der Waals surface area contributed by atoms with Gasteiger partial charge in [0, 0.05) is 25.2 Å². The molecular formula is C17H27N3O3. The molecule has 0 radical (unpaired) electrons. The van der Waals surface area contributed by atoms with Crippen LogP contribution in [0.2, 0.25) is 0 Å². The van der Waals surface area contributed by atoms with E-state index in [1.165, 1.54) is 0 Å². The smallest absolute Gasteiger partial charge is 0.318 e. The molecule has 0 bridgehead atoms. The van der Waals surface area contributed by atoms with Gasteiger partial charge in [-0.2, -0.15) is 0 Å². The zero-order valence-corrected chi connectivity index (χ0v) is 14.2. The largest absolute Gasteiger partial charge is 0.469 e. The number of aryl methyl sites for hydroxylation is 1. The summed E-state index contributed by atoms with van der Waals surface area (Å²) in [7, 11) is 0. The van der Waals surface area contributed by atoms with Gasteiger partial charge < -0.3 is 20.0 Å². The van der Waals surface area contributed by atoms with Gasteiger partial charge >= 0.3 is 6.03 Å². The highest BCUT2D eigenvalue weighted by atomic mass is 16.3. The Morgan fingerprint density at radius 3 is 2.61 bits per heavy atom. The van der Waals surface area contributed by atoms with E-state index in [9.17, 15) is 9.59 Å². The van der Waals surface area contributed by atoms with Gasteiger partial charge in [0.15, 0.2) is 0 Å². The van der Waals surface area contributed by atoms with Crippen molar-refractivity contribution in [3.63, 3.8) is 0 Å². The highest BCUT2D eigenvalue weighted by molar-refractivity contribution is 5.87. The second kappa shape index (κ2) is 8.04. The molecule has 128 valence electrons. The first-order valence-electron chi connectivity index (χ1n) is 8.39. The molecule has 1 fully saturated rings. The lowest BCUT2D eigenvalue weighted by molar-refractivity contribution is -0.124. The Labute approximate surface area is 137 Å². The molecule has 6 heteroatoms. The molecule has 2 atom stereocenters. The highest BCUT2D eigenvalue weighted by Crippen LogP contribution is 2.13. The van der Waals surface area contributed by atoms with Crippen molar-refractivity contribution in [2.75, 3.05) is 13.1 Å². The number of urea groups is 1. The van der Waals surface area contributed by atoms with Crippen LogP contribution in [0, 0.1) is 12.8 Å². The first kappa shape index (κ1) is 17.4. The SMILES string of the molecule is CC[C@@H](C)[C@H](NC(=O)N1CCCC1)C(=O)NCc1ccoc1C. The normalized spacial score (nSPS) is 16.9. The molecule has 2 heterocycles. The Morgan fingerprint density at radius 2 is 2.04 bits per heavy atom. The number of hydrogen-bond donors (Lipinski definition) is 2. The van der Waals surface area contributed by atoms with E-state index in [4.69, 9.17) is 4.42 Å². The van der Waals surface area contributed by atoms with Gasteiger partial charge in [0.1, 0.15) is 11.8 Å². The average Bonchev–Trinajstić information content (AvgIpc) is 3.21. The van der Waals surface area contributed by atoms with Crippen LogP contribution in [0.15, 0.2) is 16.7 Å². The number of amides is 3. The summed E-state index contributed by atoms with van der Waals surface area (Å²) in [4.78, 5) is 26.6. The first-order chi connectivity index (χ1) is 11.0. The molecule has 6 nitrogen and oxygen atoms in total. The van der Waals surface area contributed by atoms with Gasteiger partial charge in [-0.05, 0) is 31.7 Å². The average molecular weight is 321 g/mol. The molecule has 0 unspecified atom stereocenters. The number of rotatable bonds is 6. The van der Waals surface area contributed by atoms with Crippen LogP contribution in [0.1, 0.15) is 44.4 Å². The molecule has 23 heavy (non-hydrogen) atoms. The second-order valence-corrected chi connectivity index (χ2v) is 6.23. The van der Waals surface area contributed by atoms with E-state index in [2.05, 4.69) is 10.6 Å². The van der Waals surface area contributed by atoms with Crippen LogP contribution < -0.4 is 10.6 Å². The van der Waals surface area contributed by atoms with Crippen molar-refractivity contribution < 1.29 is 14.0 Å². The maximum atomic E-state index is 12.5. The van der Waals surface area contributed by atoms with Crippen molar-refractivity contribution in [3.05, 3.63) is 23.7 Å². The van der Waals surface area contributed by atoms with Crippen molar-refractivity contribution in [1.29, 1.82) is 0 Å². The van der Waals surface area contributed by atoms with Crippen molar-refractivity contribution in [2.45, 2.75) is 52.6 Å². The lowest BCUT2D eigenvalue weighted by Crippen LogP contribution is -2.53. The Balaban J connectivity index is 1.94. The molecule has 1 aliphatic heterocycles. The third-order valence-corrected chi connectivity index (χ3v) is 4.59. The number of nitrogens with one attached hydrogen (secondary N) is 2. The molecule has 0 aliphatic carbocycles. The third kappa shape index (κ3) is 4.50. The fourth-order valence-electron chi connectivity index (χ4n) is 2.73. The standard InChI is InChI=1S/C17H27N3O3/c1-4-12(2)15(19-17(22)20-8-5-6-9-20)16(21)18-11-14-7-10-23-13(14)3/h7,10,12,15H,4-6,8-9,11H2,1-3H3,(H,18,21)(H,19,22)/t12-,15+/m1/s1. The molecule has 0 aromatic carbocycles. The first-order valence-corrected chi connectivity index (χ1v) is 8.39. The molecular weight excluding hydrogens is 294 g/mol. The summed E-state index contributed by atoms with van der Waals surface area (Å²) >= 11 is 0. The molecule has 2 N–H and O–H groups in total. The van der Waals surface area contributed by atoms with Crippen LogP contribution in [-0.4, -0.2) is 36.0 Å². The Kier molecular flexibility index (Phi) is 6.07. The molecule has 1 aliphatic rings. The van der Waals surface area contributed by atoms with Gasteiger partial charge in [0.25, 0.3) is 0 Å². The van der Waals surface area contributed by atoms with Gasteiger partial charge in [-0.3, -0.25) is 4.79 Å². The number of carbonyl (C=O) groups excluding carboxylic acids is 2. The summed E-state index contributed by atoms with van der Waals surface area (Å²) in [5, 5.41) is 5.81. The minimum absolute atomic E-state index is 0.0759. The number of hydrogen-bond acceptors (Lipinski definition) is 3. The predicted molar refractivity (Wildman–Crippen MR) is 87.9 cm³/mol. The van der Waals surface area contributed by atoms with Crippen molar-refractivity contribution in [1.82, 2.24) is 15.5 Å². The summed E-state index contributed by atoms with van der Waals surface area (Å²) in [6.45, 7) is 7.82. The van der Waals surface area contributed by atoms with E-state index in [0.29, 0.717) is 6.54 Å². The van der Waals surface area contributed by atoms with Gasteiger partial charge in [-0.25, -0.2) is 4.79 Å². The number of furan rings is 1. The lowest BCUT2D eigenvalue weighted by Gasteiger charge is -2.26. The van der Waals surface area contributed by atoms with Crippen LogP contribution in [0.5, 0.6) is 0 Å². The van der Waals surface area contributed by atoms with Crippen LogP contribution in [-0.2, 0) is 11.3 Å². The zero-order chi connectivity index (χ0) is 16.8. The van der Waals surface area contributed by atoms with E-state index in [-0.39, 0.29) is 17.9 Å². The van der Waals surface area contributed by atoms with Gasteiger partial charge in [-0.1, -0.05) is 20.3 Å². The lowest BCUT2D eigenvalue weighted by atomic mass is 9.98. The number of likely N-dealkylation sites (tertiary alicyclic amines) is 1. The van der Waals surface area contributed by atoms with E-state index in [1.807, 2.05) is 26.8 Å². The number of nitrogens with zero attached hydrogens (tertiary/aromatic N) is 1. The van der Waals surface area contributed by atoms with Gasteiger partial charge in [0.2, 0.25) is 5.91 Å². The molecule has 3 amide bonds. The van der Waals surface area contributed by atoms with E-state index in [0.717, 1.165) is 43.7 Å². The monoisotopic (exact) mass is 321 g/mol. The maximum absolute atomic E-state index is 12.5. The minimum atomic E-state index is -0.514. The van der Waals surface area contributed by atoms with Crippen LogP contribution >= 0.6 is 0 Å². The molecule has 1 aromatic heterocycles. The van der Waals surface area contributed by atoms with E-state index in [1.54, 1.807) is 11.2 Å². The Bertz CT molecular complexity index is 535. The van der Waals surface area contributed by atoms with Crippen LogP contribution in [0.25, 0.3) is 0 Å². The minimum Gasteiger partial charge on any atom is -0.469 e. The van der Waals surface area contributed by atoms with E-state index >= 15 is 0 Å². The Morgan fingerprint density at radius 1 is 1.35 bits per heavy atom. The molecule has 1 saturated heterocycles. The van der Waals surface area contributed by atoms with Gasteiger partial charge in [0.05, 0.1) is 6.26 Å². The fourth-order valence-corrected chi connectivity index (χ4v) is 2.73. The fraction of sp³-hybridized carbons (Fsp3) is 0.647. The molecule has 1 aromatic rings. The maximum Gasteiger partial charge on any atom is 0.318 e. The van der Waals surface area contributed by atoms with Crippen molar-refractivity contribution in [3.8, 4) is 0 Å². The summed E-state index contributed by atoms with van der Waals surface area (Å²) in [5.74, 6) is 0.728. The third-order valence-electron chi connectivity index (χ3n) is 4.59. The van der Waals surface area contributed by atoms with Crippen molar-refractivity contribution >= 4 is 11.9 Å². The van der Waals surface area contributed by atoms with Crippen LogP contribution in [0.4, 0.5) is 4.79 Å². The Hall–Kier alpha value is -1.98. The number of carbonyl (C=O) groups is 2. The zero-order valence-electron chi connectivity index (χ0n) is 14.2. The topological polar surface area (TPSA) is 74.6 Å². The summed E-state index contributed by atoms with van der Waals surface area (Å²) < 4.78 is 5.23. The quantitative estimate of drug-likeness (QED) is 0.845. The molecule has 2 rings (SSSR count). The molecule has 0 saturated carbocycles. The molecule has 0 spiro atoms. The second-order valence-electron chi connectivity index (χ2n) is 6.23. The van der Waals surface area contributed by atoms with E-state index < -0.39 is 6.04 Å². The summed E-state index contributed by atoms with van der Waals surface area (Å²) in [6.07, 6.45) is 4.50. The summed E-state index contributed by atoms with van der Waals surface area (Å²) in [6, 6.07) is 1.19. The highest BCUT2D eigenvalue weighted by Gasteiger charge is 2.28. The van der Waals surface area contributed by atoms with Gasteiger partial charge in [-0.15, -0.1) is 0 Å². The predicted octanol–water partition coefficient (Wildman–Crippen LogP) is 2.42.